The van der Waals surface area contributed by atoms with Gasteiger partial charge in [0.1, 0.15) is 5.75 Å². The standard InChI is InChI=1S/C18H23NO5/c1-10-4-12-6-16(24-15(12)5-11(10)2)18(22)19-9-14(23-3)7-13(19)8-17(20)21/h4-5,13-14,16H,6-9H2,1-3H3,(H,20,21). The van der Waals surface area contributed by atoms with Crippen molar-refractivity contribution in [1.82, 2.24) is 4.90 Å². The predicted octanol–water partition coefficient (Wildman–Crippen LogP) is 1.70. The first kappa shape index (κ1) is 16.8. The van der Waals surface area contributed by atoms with Crippen LogP contribution in [-0.2, 0) is 20.7 Å². The first-order valence-corrected chi connectivity index (χ1v) is 8.21. The van der Waals surface area contributed by atoms with Crippen LogP contribution >= 0.6 is 0 Å². The maximum absolute atomic E-state index is 12.9. The van der Waals surface area contributed by atoms with Gasteiger partial charge >= 0.3 is 5.97 Å². The van der Waals surface area contributed by atoms with Crippen molar-refractivity contribution in [3.05, 3.63) is 28.8 Å². The van der Waals surface area contributed by atoms with Gasteiger partial charge in [0.15, 0.2) is 6.10 Å². The molecule has 3 unspecified atom stereocenters. The number of aliphatic carboxylic acids is 1. The number of amides is 1. The number of aryl methyl sites for hydroxylation is 2. The van der Waals surface area contributed by atoms with E-state index in [4.69, 9.17) is 14.6 Å². The largest absolute Gasteiger partial charge is 0.481 e. The van der Waals surface area contributed by atoms with E-state index in [2.05, 4.69) is 6.07 Å². The number of rotatable bonds is 4. The quantitative estimate of drug-likeness (QED) is 0.907. The van der Waals surface area contributed by atoms with Crippen LogP contribution < -0.4 is 4.74 Å². The Morgan fingerprint density at radius 2 is 2.04 bits per heavy atom. The second kappa shape index (κ2) is 6.43. The summed E-state index contributed by atoms with van der Waals surface area (Å²) in [5, 5.41) is 9.09. The number of fused-ring (bicyclic) bond motifs is 1. The lowest BCUT2D eigenvalue weighted by Gasteiger charge is -2.25. The number of likely N-dealkylation sites (tertiary alicyclic amines) is 1. The van der Waals surface area contributed by atoms with E-state index in [1.165, 1.54) is 5.56 Å². The minimum atomic E-state index is -0.906. The molecule has 1 saturated heterocycles. The Kier molecular flexibility index (Phi) is 4.49. The molecule has 2 aliphatic rings. The van der Waals surface area contributed by atoms with Crippen molar-refractivity contribution in [2.24, 2.45) is 0 Å². The monoisotopic (exact) mass is 333 g/mol. The molecule has 0 aromatic heterocycles. The second-order valence-electron chi connectivity index (χ2n) is 6.69. The highest BCUT2D eigenvalue weighted by atomic mass is 16.5. The van der Waals surface area contributed by atoms with E-state index in [0.717, 1.165) is 16.9 Å². The lowest BCUT2D eigenvalue weighted by molar-refractivity contribution is -0.142. The number of carbonyl (C=O) groups excluding carboxylic acids is 1. The van der Waals surface area contributed by atoms with Gasteiger partial charge in [0, 0.05) is 26.1 Å². The lowest BCUT2D eigenvalue weighted by Crippen LogP contribution is -2.45. The molecule has 3 atom stereocenters. The third kappa shape index (κ3) is 3.11. The van der Waals surface area contributed by atoms with Crippen LogP contribution in [0.15, 0.2) is 12.1 Å². The van der Waals surface area contributed by atoms with Gasteiger partial charge in [-0.2, -0.15) is 0 Å². The normalized spacial score (nSPS) is 25.5. The number of methoxy groups -OCH3 is 1. The average molecular weight is 333 g/mol. The van der Waals surface area contributed by atoms with E-state index in [0.29, 0.717) is 19.4 Å². The summed E-state index contributed by atoms with van der Waals surface area (Å²) >= 11 is 0. The molecule has 0 bridgehead atoms. The second-order valence-corrected chi connectivity index (χ2v) is 6.69. The van der Waals surface area contributed by atoms with Gasteiger partial charge in [-0.1, -0.05) is 6.07 Å². The van der Waals surface area contributed by atoms with Gasteiger partial charge in [-0.3, -0.25) is 9.59 Å². The summed E-state index contributed by atoms with van der Waals surface area (Å²) in [4.78, 5) is 25.6. The number of carboxylic acids is 1. The van der Waals surface area contributed by atoms with Crippen LogP contribution in [0.3, 0.4) is 0 Å². The molecule has 1 aromatic carbocycles. The molecule has 6 heteroatoms. The smallest absolute Gasteiger partial charge is 0.305 e. The number of ether oxygens (including phenoxy) is 2. The van der Waals surface area contributed by atoms with Crippen LogP contribution in [-0.4, -0.2) is 53.8 Å². The van der Waals surface area contributed by atoms with Crippen LogP contribution in [0.4, 0.5) is 0 Å². The number of carbonyl (C=O) groups is 2. The number of nitrogens with zero attached hydrogens (tertiary/aromatic N) is 1. The van der Waals surface area contributed by atoms with Gasteiger partial charge in [-0.05, 0) is 43.0 Å². The van der Waals surface area contributed by atoms with E-state index < -0.39 is 12.1 Å². The molecule has 1 N–H and O–H groups in total. The molecule has 3 rings (SSSR count). The van der Waals surface area contributed by atoms with Crippen LogP contribution in [0.25, 0.3) is 0 Å². The molecule has 0 aliphatic carbocycles. The molecule has 130 valence electrons. The fourth-order valence-corrected chi connectivity index (χ4v) is 3.55. The van der Waals surface area contributed by atoms with Crippen LogP contribution in [0.1, 0.15) is 29.5 Å². The van der Waals surface area contributed by atoms with Crippen LogP contribution in [0, 0.1) is 13.8 Å². The van der Waals surface area contributed by atoms with Crippen molar-refractivity contribution >= 4 is 11.9 Å². The van der Waals surface area contributed by atoms with E-state index in [1.807, 2.05) is 19.9 Å². The van der Waals surface area contributed by atoms with Gasteiger partial charge in [-0.25, -0.2) is 0 Å². The minimum absolute atomic E-state index is 0.0660. The highest BCUT2D eigenvalue weighted by Crippen LogP contribution is 2.33. The Labute approximate surface area is 141 Å². The van der Waals surface area contributed by atoms with Crippen molar-refractivity contribution in [1.29, 1.82) is 0 Å². The zero-order valence-electron chi connectivity index (χ0n) is 14.2. The highest BCUT2D eigenvalue weighted by molar-refractivity contribution is 5.84. The SMILES string of the molecule is COC1CC(CC(=O)O)N(C(=O)C2Cc3cc(C)c(C)cc3O2)C1. The van der Waals surface area contributed by atoms with Gasteiger partial charge in [0.2, 0.25) is 0 Å². The Morgan fingerprint density at radius 1 is 1.33 bits per heavy atom. The summed E-state index contributed by atoms with van der Waals surface area (Å²) in [6.07, 6.45) is 0.318. The van der Waals surface area contributed by atoms with Crippen LogP contribution in [0.2, 0.25) is 0 Å². The topological polar surface area (TPSA) is 76.1 Å². The maximum Gasteiger partial charge on any atom is 0.305 e. The summed E-state index contributed by atoms with van der Waals surface area (Å²) in [6.45, 7) is 4.47. The molecule has 2 heterocycles. The third-order valence-electron chi connectivity index (χ3n) is 5.03. The van der Waals surface area contributed by atoms with Crippen molar-refractivity contribution in [3.63, 3.8) is 0 Å². The van der Waals surface area contributed by atoms with Gasteiger partial charge < -0.3 is 19.5 Å². The molecule has 24 heavy (non-hydrogen) atoms. The molecular formula is C18H23NO5. The molecular weight excluding hydrogens is 310 g/mol. The molecule has 1 fully saturated rings. The average Bonchev–Trinajstić information content (AvgIpc) is 3.10. The lowest BCUT2D eigenvalue weighted by atomic mass is 10.0. The summed E-state index contributed by atoms with van der Waals surface area (Å²) < 4.78 is 11.2. The first-order valence-electron chi connectivity index (χ1n) is 8.21. The molecule has 0 saturated carbocycles. The van der Waals surface area contributed by atoms with E-state index >= 15 is 0 Å². The Bertz CT molecular complexity index is 641. The van der Waals surface area contributed by atoms with Gasteiger partial charge in [-0.15, -0.1) is 0 Å². The van der Waals surface area contributed by atoms with Crippen molar-refractivity contribution in [3.8, 4) is 5.75 Å². The summed E-state index contributed by atoms with van der Waals surface area (Å²) in [7, 11) is 1.59. The summed E-state index contributed by atoms with van der Waals surface area (Å²) in [5.74, 6) is -0.294. The Balaban J connectivity index is 1.75. The van der Waals surface area contributed by atoms with E-state index in [-0.39, 0.29) is 24.5 Å². The number of hydrogen-bond donors (Lipinski definition) is 1. The molecule has 6 nitrogen and oxygen atoms in total. The number of hydrogen-bond acceptors (Lipinski definition) is 4. The Morgan fingerprint density at radius 3 is 2.71 bits per heavy atom. The molecule has 0 radical (unpaired) electrons. The highest BCUT2D eigenvalue weighted by Gasteiger charge is 2.41. The molecule has 1 aromatic rings. The molecule has 1 amide bonds. The van der Waals surface area contributed by atoms with E-state index in [1.54, 1.807) is 12.0 Å². The predicted molar refractivity (Wildman–Crippen MR) is 87.2 cm³/mol. The molecule has 0 spiro atoms. The first-order chi connectivity index (χ1) is 11.4. The fourth-order valence-electron chi connectivity index (χ4n) is 3.55. The van der Waals surface area contributed by atoms with Gasteiger partial charge in [0.05, 0.1) is 12.5 Å². The van der Waals surface area contributed by atoms with Crippen molar-refractivity contribution < 1.29 is 24.2 Å². The molecule has 2 aliphatic heterocycles. The summed E-state index contributed by atoms with van der Waals surface area (Å²) in [6, 6.07) is 3.69. The van der Waals surface area contributed by atoms with Crippen molar-refractivity contribution in [2.45, 2.75) is 51.4 Å². The summed E-state index contributed by atoms with van der Waals surface area (Å²) in [5.41, 5.74) is 3.34. The zero-order valence-corrected chi connectivity index (χ0v) is 14.2. The Hall–Kier alpha value is -2.08. The minimum Gasteiger partial charge on any atom is -0.481 e. The fraction of sp³-hybridized carbons (Fsp3) is 0.556. The third-order valence-corrected chi connectivity index (χ3v) is 5.03. The zero-order chi connectivity index (χ0) is 17.4. The van der Waals surface area contributed by atoms with Crippen LogP contribution in [0.5, 0.6) is 5.75 Å². The van der Waals surface area contributed by atoms with Gasteiger partial charge in [0.25, 0.3) is 5.91 Å². The number of carboxylic acid groups (broad SMARTS) is 1. The van der Waals surface area contributed by atoms with E-state index in [9.17, 15) is 9.59 Å². The maximum atomic E-state index is 12.9. The van der Waals surface area contributed by atoms with Crippen molar-refractivity contribution in [2.75, 3.05) is 13.7 Å². The number of benzene rings is 1.